The molecule has 164 valence electrons. The Hall–Kier alpha value is -3.36. The van der Waals surface area contributed by atoms with Gasteiger partial charge in [0.25, 0.3) is 0 Å². The molecule has 0 aliphatic rings. The number of aromatic amines is 1. The zero-order chi connectivity index (χ0) is 23.1. The van der Waals surface area contributed by atoms with Crippen LogP contribution in [-0.2, 0) is 10.0 Å². The van der Waals surface area contributed by atoms with Gasteiger partial charge in [0, 0.05) is 22.9 Å². The average molecular weight is 449 g/mol. The lowest BCUT2D eigenvalue weighted by Gasteiger charge is -2.21. The van der Waals surface area contributed by atoms with Gasteiger partial charge in [0.05, 0.1) is 16.6 Å². The van der Waals surface area contributed by atoms with Crippen molar-refractivity contribution in [3.8, 4) is 11.1 Å². The third-order valence-electron chi connectivity index (χ3n) is 4.88. The molecular formula is C24H24N4O3S. The molecule has 0 amide bonds. The lowest BCUT2D eigenvalue weighted by molar-refractivity contribution is 0.103. The topological polar surface area (TPSA) is 105 Å². The normalized spacial score (nSPS) is 12.2. The first-order valence-corrected chi connectivity index (χ1v) is 11.6. The van der Waals surface area contributed by atoms with Crippen LogP contribution in [-0.4, -0.2) is 34.7 Å². The van der Waals surface area contributed by atoms with Gasteiger partial charge in [0.2, 0.25) is 15.8 Å². The number of carbonyl (C=O) groups is 1. The Labute approximate surface area is 187 Å². The highest BCUT2D eigenvalue weighted by Gasteiger charge is 2.25. The molecule has 0 fully saturated rings. The van der Waals surface area contributed by atoms with Crippen molar-refractivity contribution in [2.24, 2.45) is 0 Å². The van der Waals surface area contributed by atoms with E-state index >= 15 is 0 Å². The maximum Gasteiger partial charge on any atom is 0.241 e. The molecule has 2 heterocycles. The van der Waals surface area contributed by atoms with Crippen LogP contribution in [0, 0.1) is 6.92 Å². The van der Waals surface area contributed by atoms with Gasteiger partial charge in [-0.15, -0.1) is 0 Å². The molecule has 0 unspecified atom stereocenters. The van der Waals surface area contributed by atoms with Crippen molar-refractivity contribution in [3.63, 3.8) is 0 Å². The summed E-state index contributed by atoms with van der Waals surface area (Å²) in [6.07, 6.45) is 3.32. The van der Waals surface area contributed by atoms with Crippen molar-refractivity contribution in [1.82, 2.24) is 19.7 Å². The van der Waals surface area contributed by atoms with Gasteiger partial charge in [-0.25, -0.2) is 18.1 Å². The predicted molar refractivity (Wildman–Crippen MR) is 124 cm³/mol. The molecule has 0 spiro atoms. The highest BCUT2D eigenvalue weighted by atomic mass is 32.2. The molecule has 2 N–H and O–H groups in total. The molecule has 0 aliphatic carbocycles. The van der Waals surface area contributed by atoms with Crippen LogP contribution in [0.1, 0.15) is 42.5 Å². The van der Waals surface area contributed by atoms with Gasteiger partial charge >= 0.3 is 0 Å². The van der Waals surface area contributed by atoms with Crippen LogP contribution < -0.4 is 4.72 Å². The molecule has 0 atom stereocenters. The van der Waals surface area contributed by atoms with E-state index in [2.05, 4.69) is 19.7 Å². The third kappa shape index (κ3) is 4.32. The lowest BCUT2D eigenvalue weighted by atomic mass is 10.0. The third-order valence-corrected chi connectivity index (χ3v) is 6.70. The van der Waals surface area contributed by atoms with E-state index in [1.54, 1.807) is 81.7 Å². The smallest absolute Gasteiger partial charge is 0.241 e. The number of carbonyl (C=O) groups excluding carboxylic acids is 1. The number of fused-ring (bicyclic) bond motifs is 1. The van der Waals surface area contributed by atoms with E-state index in [1.165, 1.54) is 0 Å². The first kappa shape index (κ1) is 21.9. The van der Waals surface area contributed by atoms with Crippen molar-refractivity contribution in [3.05, 3.63) is 77.9 Å². The minimum Gasteiger partial charge on any atom is -0.335 e. The quantitative estimate of drug-likeness (QED) is 0.444. The molecule has 4 aromatic rings. The number of sulfonamides is 1. The number of imidazole rings is 1. The van der Waals surface area contributed by atoms with Gasteiger partial charge in [0.1, 0.15) is 5.52 Å². The van der Waals surface area contributed by atoms with E-state index in [0.717, 1.165) is 11.1 Å². The SMILES string of the molecule is Cc1cncc2nc(C(=O)c3ccc(-c4ccccc4S(=O)(=O)NC(C)(C)C)cc3)[nH]c12. The van der Waals surface area contributed by atoms with Crippen molar-refractivity contribution in [2.75, 3.05) is 0 Å². The Morgan fingerprint density at radius 1 is 1.00 bits per heavy atom. The highest BCUT2D eigenvalue weighted by Crippen LogP contribution is 2.28. The largest absolute Gasteiger partial charge is 0.335 e. The van der Waals surface area contributed by atoms with Crippen LogP contribution in [0.5, 0.6) is 0 Å². The van der Waals surface area contributed by atoms with E-state index in [-0.39, 0.29) is 16.5 Å². The average Bonchev–Trinajstić information content (AvgIpc) is 3.17. The Bertz CT molecular complexity index is 1420. The summed E-state index contributed by atoms with van der Waals surface area (Å²) in [7, 11) is -3.72. The van der Waals surface area contributed by atoms with E-state index in [0.29, 0.717) is 22.2 Å². The van der Waals surface area contributed by atoms with E-state index in [4.69, 9.17) is 0 Å². The summed E-state index contributed by atoms with van der Waals surface area (Å²) < 4.78 is 28.6. The summed E-state index contributed by atoms with van der Waals surface area (Å²) in [5, 5.41) is 0. The maximum atomic E-state index is 12.9. The number of aryl methyl sites for hydroxylation is 1. The number of hydrogen-bond acceptors (Lipinski definition) is 5. The van der Waals surface area contributed by atoms with Crippen LogP contribution >= 0.6 is 0 Å². The van der Waals surface area contributed by atoms with Gasteiger partial charge in [-0.3, -0.25) is 9.78 Å². The first-order valence-electron chi connectivity index (χ1n) is 10.1. The second kappa shape index (κ2) is 7.96. The number of pyridine rings is 1. The van der Waals surface area contributed by atoms with Crippen molar-refractivity contribution < 1.29 is 13.2 Å². The van der Waals surface area contributed by atoms with Crippen LogP contribution in [0.4, 0.5) is 0 Å². The molecule has 0 saturated carbocycles. The number of aromatic nitrogens is 3. The van der Waals surface area contributed by atoms with Crippen molar-refractivity contribution >= 4 is 26.8 Å². The molecule has 0 radical (unpaired) electrons. The predicted octanol–water partition coefficient (Wildman–Crippen LogP) is 4.24. The molecule has 32 heavy (non-hydrogen) atoms. The molecule has 8 heteroatoms. The Morgan fingerprint density at radius 3 is 2.34 bits per heavy atom. The van der Waals surface area contributed by atoms with E-state index in [1.807, 2.05) is 6.92 Å². The standard InChI is InChI=1S/C24H24N4O3S/c1-15-13-25-14-19-21(15)27-23(26-19)22(29)17-11-9-16(10-12-17)18-7-5-6-8-20(18)32(30,31)28-24(2,3)4/h5-14,28H,1-4H3,(H,26,27). The van der Waals surface area contributed by atoms with E-state index in [9.17, 15) is 13.2 Å². The lowest BCUT2D eigenvalue weighted by Crippen LogP contribution is -2.40. The molecule has 2 aromatic carbocycles. The maximum absolute atomic E-state index is 12.9. The number of benzene rings is 2. The summed E-state index contributed by atoms with van der Waals surface area (Å²) in [6, 6.07) is 13.7. The molecule has 0 saturated heterocycles. The van der Waals surface area contributed by atoms with Crippen LogP contribution in [0.2, 0.25) is 0 Å². The summed E-state index contributed by atoms with van der Waals surface area (Å²) in [5.74, 6) is -0.0105. The van der Waals surface area contributed by atoms with Crippen LogP contribution in [0.25, 0.3) is 22.2 Å². The second-order valence-corrected chi connectivity index (χ2v) is 10.3. The minimum atomic E-state index is -3.72. The second-order valence-electron chi connectivity index (χ2n) is 8.69. The number of H-pyrrole nitrogens is 1. The summed E-state index contributed by atoms with van der Waals surface area (Å²) >= 11 is 0. The van der Waals surface area contributed by atoms with Crippen LogP contribution in [0.3, 0.4) is 0 Å². The minimum absolute atomic E-state index is 0.189. The molecule has 4 rings (SSSR count). The van der Waals surface area contributed by atoms with Crippen LogP contribution in [0.15, 0.2) is 65.8 Å². The summed E-state index contributed by atoms with van der Waals surface area (Å²) in [6.45, 7) is 7.28. The Morgan fingerprint density at radius 2 is 1.69 bits per heavy atom. The van der Waals surface area contributed by atoms with Crippen molar-refractivity contribution in [2.45, 2.75) is 38.1 Å². The number of nitrogens with zero attached hydrogens (tertiary/aromatic N) is 2. The number of nitrogens with one attached hydrogen (secondary N) is 2. The number of hydrogen-bond donors (Lipinski definition) is 2. The molecule has 0 aliphatic heterocycles. The molecule has 0 bridgehead atoms. The zero-order valence-corrected chi connectivity index (χ0v) is 19.1. The van der Waals surface area contributed by atoms with Gasteiger partial charge in [-0.1, -0.05) is 42.5 Å². The van der Waals surface area contributed by atoms with Gasteiger partial charge < -0.3 is 4.98 Å². The zero-order valence-electron chi connectivity index (χ0n) is 18.3. The summed E-state index contributed by atoms with van der Waals surface area (Å²) in [4.78, 5) is 24.7. The molecular weight excluding hydrogens is 424 g/mol. The number of ketones is 1. The monoisotopic (exact) mass is 448 g/mol. The Kier molecular flexibility index (Phi) is 5.44. The van der Waals surface area contributed by atoms with Crippen molar-refractivity contribution in [1.29, 1.82) is 0 Å². The van der Waals surface area contributed by atoms with E-state index < -0.39 is 15.6 Å². The Balaban J connectivity index is 1.67. The first-order chi connectivity index (χ1) is 15.0. The van der Waals surface area contributed by atoms with Gasteiger partial charge in [-0.2, -0.15) is 0 Å². The molecule has 2 aromatic heterocycles. The van der Waals surface area contributed by atoms with Gasteiger partial charge in [-0.05, 0) is 44.9 Å². The number of rotatable bonds is 5. The fourth-order valence-electron chi connectivity index (χ4n) is 3.51. The summed E-state index contributed by atoms with van der Waals surface area (Å²) in [5.41, 5.74) is 3.43. The highest BCUT2D eigenvalue weighted by molar-refractivity contribution is 7.89. The fourth-order valence-corrected chi connectivity index (χ4v) is 5.16. The molecule has 7 nitrogen and oxygen atoms in total. The van der Waals surface area contributed by atoms with Gasteiger partial charge in [0.15, 0.2) is 5.82 Å². The fraction of sp³-hybridized carbons (Fsp3) is 0.208.